The number of halogens is 1. The second-order valence-electron chi connectivity index (χ2n) is 6.24. The highest BCUT2D eigenvalue weighted by atomic mass is 35.5. The number of carbonyl (C=O) groups is 3. The van der Waals surface area contributed by atoms with Crippen molar-refractivity contribution in [3.8, 4) is 0 Å². The molecule has 2 rings (SSSR count). The lowest BCUT2D eigenvalue weighted by Crippen LogP contribution is -2.49. The Morgan fingerprint density at radius 1 is 1.26 bits per heavy atom. The van der Waals surface area contributed by atoms with Gasteiger partial charge in [0.25, 0.3) is 5.91 Å². The van der Waals surface area contributed by atoms with Gasteiger partial charge in [-0.15, -0.1) is 12.4 Å². The minimum absolute atomic E-state index is 0. The molecule has 23 heavy (non-hydrogen) atoms. The quantitative estimate of drug-likeness (QED) is 0.743. The SMILES string of the molecule is CNCCN(C)C(=O)CN1C(=O)N(C)C2(CCCCC2)C1=O.Cl. The maximum absolute atomic E-state index is 12.8. The first-order valence-electron chi connectivity index (χ1n) is 7.92. The topological polar surface area (TPSA) is 73.0 Å². The highest BCUT2D eigenvalue weighted by molar-refractivity contribution is 6.08. The fraction of sp³-hybridized carbons (Fsp3) is 0.800. The molecule has 132 valence electrons. The second-order valence-corrected chi connectivity index (χ2v) is 6.24. The summed E-state index contributed by atoms with van der Waals surface area (Å²) in [5.41, 5.74) is -0.709. The number of nitrogens with zero attached hydrogens (tertiary/aromatic N) is 3. The van der Waals surface area contributed by atoms with E-state index in [2.05, 4.69) is 5.32 Å². The molecule has 0 atom stereocenters. The van der Waals surface area contributed by atoms with Gasteiger partial charge in [-0.2, -0.15) is 0 Å². The molecule has 0 unspecified atom stereocenters. The van der Waals surface area contributed by atoms with Crippen LogP contribution in [0.3, 0.4) is 0 Å². The molecule has 1 heterocycles. The number of nitrogens with one attached hydrogen (secondary N) is 1. The molecule has 0 aromatic carbocycles. The molecule has 7 nitrogen and oxygen atoms in total. The van der Waals surface area contributed by atoms with Gasteiger partial charge in [-0.05, 0) is 19.9 Å². The lowest BCUT2D eigenvalue weighted by molar-refractivity contribution is -0.139. The van der Waals surface area contributed by atoms with Crippen LogP contribution >= 0.6 is 12.4 Å². The van der Waals surface area contributed by atoms with Gasteiger partial charge in [0.05, 0.1) is 0 Å². The number of hydrogen-bond donors (Lipinski definition) is 1. The Labute approximate surface area is 143 Å². The van der Waals surface area contributed by atoms with E-state index in [-0.39, 0.29) is 36.8 Å². The highest BCUT2D eigenvalue weighted by Crippen LogP contribution is 2.39. The van der Waals surface area contributed by atoms with Crippen LogP contribution in [0, 0.1) is 0 Å². The van der Waals surface area contributed by atoms with Crippen molar-refractivity contribution < 1.29 is 14.4 Å². The third-order valence-electron chi connectivity index (χ3n) is 4.90. The molecule has 1 aliphatic carbocycles. The molecule has 2 fully saturated rings. The number of carbonyl (C=O) groups excluding carboxylic acids is 3. The van der Waals surface area contributed by atoms with Crippen LogP contribution in [0.15, 0.2) is 0 Å². The van der Waals surface area contributed by atoms with Crippen molar-refractivity contribution in [3.63, 3.8) is 0 Å². The molecule has 0 radical (unpaired) electrons. The van der Waals surface area contributed by atoms with Gasteiger partial charge in [0.1, 0.15) is 12.1 Å². The van der Waals surface area contributed by atoms with Crippen LogP contribution in [0.1, 0.15) is 32.1 Å². The maximum atomic E-state index is 12.8. The Kier molecular flexibility index (Phi) is 6.83. The zero-order valence-corrected chi connectivity index (χ0v) is 14.9. The minimum atomic E-state index is -0.709. The molecule has 1 saturated carbocycles. The number of urea groups is 1. The summed E-state index contributed by atoms with van der Waals surface area (Å²) in [6.45, 7) is 1.06. The largest absolute Gasteiger partial charge is 0.343 e. The van der Waals surface area contributed by atoms with Crippen LogP contribution in [-0.2, 0) is 9.59 Å². The van der Waals surface area contributed by atoms with E-state index < -0.39 is 5.54 Å². The number of hydrogen-bond acceptors (Lipinski definition) is 4. The molecule has 0 aromatic rings. The number of likely N-dealkylation sites (N-methyl/N-ethyl adjacent to an activating group) is 3. The third kappa shape index (κ3) is 3.61. The van der Waals surface area contributed by atoms with Crippen molar-refractivity contribution >= 4 is 30.3 Å². The number of rotatable bonds is 5. The van der Waals surface area contributed by atoms with Crippen molar-refractivity contribution in [1.82, 2.24) is 20.0 Å². The van der Waals surface area contributed by atoms with Crippen LogP contribution in [0.25, 0.3) is 0 Å². The number of imide groups is 1. The fourth-order valence-corrected chi connectivity index (χ4v) is 3.33. The lowest BCUT2D eigenvalue weighted by atomic mass is 9.81. The van der Waals surface area contributed by atoms with Crippen LogP contribution < -0.4 is 5.32 Å². The third-order valence-corrected chi connectivity index (χ3v) is 4.90. The van der Waals surface area contributed by atoms with Gasteiger partial charge in [-0.25, -0.2) is 4.79 Å². The normalized spacial score (nSPS) is 20.0. The van der Waals surface area contributed by atoms with Crippen molar-refractivity contribution in [2.24, 2.45) is 0 Å². The number of amides is 4. The van der Waals surface area contributed by atoms with Crippen LogP contribution in [0.5, 0.6) is 0 Å². The minimum Gasteiger partial charge on any atom is -0.343 e. The van der Waals surface area contributed by atoms with E-state index in [1.165, 1.54) is 0 Å². The van der Waals surface area contributed by atoms with Gasteiger partial charge in [-0.3, -0.25) is 14.5 Å². The Morgan fingerprint density at radius 2 is 1.87 bits per heavy atom. The predicted octanol–water partition coefficient (Wildman–Crippen LogP) is 0.683. The zero-order chi connectivity index (χ0) is 16.3. The van der Waals surface area contributed by atoms with Crippen molar-refractivity contribution in [2.75, 3.05) is 40.8 Å². The Bertz CT molecular complexity index is 466. The Balaban J connectivity index is 0.00000264. The molecular formula is C15H27ClN4O3. The first kappa shape index (κ1) is 19.7. The molecule has 0 bridgehead atoms. The maximum Gasteiger partial charge on any atom is 0.327 e. The first-order chi connectivity index (χ1) is 10.4. The average Bonchev–Trinajstić information content (AvgIpc) is 2.69. The monoisotopic (exact) mass is 346 g/mol. The Morgan fingerprint density at radius 3 is 2.43 bits per heavy atom. The molecule has 8 heteroatoms. The summed E-state index contributed by atoms with van der Waals surface area (Å²) in [5, 5.41) is 2.97. The van der Waals surface area contributed by atoms with E-state index in [0.717, 1.165) is 24.2 Å². The average molecular weight is 347 g/mol. The van der Waals surface area contributed by atoms with E-state index in [4.69, 9.17) is 0 Å². The van der Waals surface area contributed by atoms with Crippen LogP contribution in [0.2, 0.25) is 0 Å². The standard InChI is InChI=1S/C15H26N4O3.ClH/c1-16-9-10-17(2)12(20)11-19-13(21)15(18(3)14(19)22)7-5-4-6-8-15;/h16H,4-11H2,1-3H3;1H. The summed E-state index contributed by atoms with van der Waals surface area (Å²) >= 11 is 0. The summed E-state index contributed by atoms with van der Waals surface area (Å²) in [5.74, 6) is -0.409. The van der Waals surface area contributed by atoms with Crippen molar-refractivity contribution in [2.45, 2.75) is 37.6 Å². The molecule has 1 aliphatic heterocycles. The Hall–Kier alpha value is -1.34. The fourth-order valence-electron chi connectivity index (χ4n) is 3.33. The first-order valence-corrected chi connectivity index (χ1v) is 7.92. The van der Waals surface area contributed by atoms with Gasteiger partial charge in [-0.1, -0.05) is 19.3 Å². The van der Waals surface area contributed by atoms with Crippen LogP contribution in [-0.4, -0.2) is 78.9 Å². The van der Waals surface area contributed by atoms with Crippen molar-refractivity contribution in [3.05, 3.63) is 0 Å². The molecule has 0 aromatic heterocycles. The molecule has 1 N–H and O–H groups in total. The summed E-state index contributed by atoms with van der Waals surface area (Å²) in [6.07, 6.45) is 4.41. The smallest absolute Gasteiger partial charge is 0.327 e. The van der Waals surface area contributed by atoms with Gasteiger partial charge in [0.2, 0.25) is 5.91 Å². The van der Waals surface area contributed by atoms with E-state index in [1.807, 2.05) is 7.05 Å². The van der Waals surface area contributed by atoms with E-state index in [1.54, 1.807) is 23.9 Å². The van der Waals surface area contributed by atoms with E-state index in [0.29, 0.717) is 25.9 Å². The van der Waals surface area contributed by atoms with Crippen molar-refractivity contribution in [1.29, 1.82) is 0 Å². The molecular weight excluding hydrogens is 320 g/mol. The van der Waals surface area contributed by atoms with Gasteiger partial charge in [0, 0.05) is 27.2 Å². The summed E-state index contributed by atoms with van der Waals surface area (Å²) < 4.78 is 0. The predicted molar refractivity (Wildman–Crippen MR) is 89.5 cm³/mol. The molecule has 1 spiro atoms. The molecule has 4 amide bonds. The van der Waals surface area contributed by atoms with Gasteiger partial charge >= 0.3 is 6.03 Å². The highest BCUT2D eigenvalue weighted by Gasteiger charge is 2.55. The van der Waals surface area contributed by atoms with Gasteiger partial charge in [0.15, 0.2) is 0 Å². The van der Waals surface area contributed by atoms with E-state index in [9.17, 15) is 14.4 Å². The van der Waals surface area contributed by atoms with Gasteiger partial charge < -0.3 is 15.1 Å². The van der Waals surface area contributed by atoms with E-state index >= 15 is 0 Å². The summed E-state index contributed by atoms with van der Waals surface area (Å²) in [6, 6.07) is -0.345. The lowest BCUT2D eigenvalue weighted by Gasteiger charge is -2.35. The zero-order valence-electron chi connectivity index (χ0n) is 14.1. The summed E-state index contributed by atoms with van der Waals surface area (Å²) in [7, 11) is 5.18. The molecule has 1 saturated heterocycles. The van der Waals surface area contributed by atoms with Crippen LogP contribution in [0.4, 0.5) is 4.79 Å². The summed E-state index contributed by atoms with van der Waals surface area (Å²) in [4.78, 5) is 41.6. The second kappa shape index (κ2) is 7.97. The molecule has 2 aliphatic rings.